The van der Waals surface area contributed by atoms with Crippen LogP contribution in [0.2, 0.25) is 0 Å². The van der Waals surface area contributed by atoms with Crippen LogP contribution in [0.1, 0.15) is 92.4 Å². The molecule has 7 rings (SSSR count). The Labute approximate surface area is 371 Å². The largest absolute Gasteiger partial charge is 0.462 e. The van der Waals surface area contributed by atoms with E-state index >= 15 is 4.79 Å². The monoisotopic (exact) mass is 893 g/mol. The summed E-state index contributed by atoms with van der Waals surface area (Å²) in [6, 6.07) is 1.74. The molecule has 3 saturated heterocycles. The molecule has 354 valence electrons. The Balaban J connectivity index is 1.22. The summed E-state index contributed by atoms with van der Waals surface area (Å²) in [5.74, 6) is -6.36. The van der Waals surface area contributed by atoms with E-state index in [9.17, 15) is 23.1 Å². The molecule has 3 heterocycles. The van der Waals surface area contributed by atoms with Crippen LogP contribution in [-0.4, -0.2) is 131 Å². The number of methoxy groups -OCH3 is 3. The Morgan fingerprint density at radius 1 is 0.905 bits per heavy atom. The lowest BCUT2D eigenvalue weighted by Gasteiger charge is -2.40. The van der Waals surface area contributed by atoms with Crippen molar-refractivity contribution in [3.63, 3.8) is 0 Å². The molecule has 63 heavy (non-hydrogen) atoms. The Bertz CT molecular complexity index is 1780. The maximum absolute atomic E-state index is 15.1. The number of nitrogens with zero attached hydrogens (tertiary/aromatic N) is 2. The summed E-state index contributed by atoms with van der Waals surface area (Å²) in [7, 11) is 8.70. The molecule has 0 radical (unpaired) electrons. The van der Waals surface area contributed by atoms with Crippen molar-refractivity contribution in [2.45, 2.75) is 166 Å². The zero-order chi connectivity index (χ0) is 45.6. The predicted octanol–water partition coefficient (Wildman–Crippen LogP) is 6.84. The van der Waals surface area contributed by atoms with Gasteiger partial charge in [-0.2, -0.15) is 0 Å². The number of esters is 1. The summed E-state index contributed by atoms with van der Waals surface area (Å²) in [4.78, 5) is 33.2. The molecule has 0 bridgehead atoms. The number of fused-ring (bicyclic) bond motifs is 8. The van der Waals surface area contributed by atoms with E-state index in [0.29, 0.717) is 50.5 Å². The van der Waals surface area contributed by atoms with E-state index in [1.165, 1.54) is 14.2 Å². The summed E-state index contributed by atoms with van der Waals surface area (Å²) in [5, 5.41) is 11.6. The lowest BCUT2D eigenvalue weighted by Crippen LogP contribution is -2.50. The van der Waals surface area contributed by atoms with Crippen molar-refractivity contribution >= 4 is 17.4 Å². The number of likely N-dealkylation sites (N-methyl/N-ethyl adjacent to an activating group) is 1. The molecule has 1 N–H and O–H groups in total. The highest BCUT2D eigenvalue weighted by molar-refractivity contribution is 5.99. The number of rotatable bonds is 14. The summed E-state index contributed by atoms with van der Waals surface area (Å²) in [6.45, 7) is 9.94. The number of halogens is 3. The maximum atomic E-state index is 15.1. The maximum Gasteiger partial charge on any atom is 0.306 e. The molecule has 5 fully saturated rings. The third-order valence-corrected chi connectivity index (χ3v) is 15.5. The van der Waals surface area contributed by atoms with Crippen molar-refractivity contribution in [3.8, 4) is 0 Å². The van der Waals surface area contributed by atoms with Crippen LogP contribution >= 0.6 is 0 Å². The highest BCUT2D eigenvalue weighted by atomic mass is 19.2. The van der Waals surface area contributed by atoms with Crippen molar-refractivity contribution in [2.24, 2.45) is 41.4 Å². The molecule has 12 nitrogen and oxygen atoms in total. The summed E-state index contributed by atoms with van der Waals surface area (Å²) >= 11 is 0. The van der Waals surface area contributed by atoms with Gasteiger partial charge in [-0.05, 0) is 108 Å². The molecular formula is C48H71F3N2O10. The summed E-state index contributed by atoms with van der Waals surface area (Å²) in [5.41, 5.74) is 0.754. The second-order valence-electron chi connectivity index (χ2n) is 19.6. The molecule has 0 aromatic heterocycles. The number of aliphatic hydroxyl groups excluding tert-OH is 1. The second-order valence-corrected chi connectivity index (χ2v) is 19.6. The van der Waals surface area contributed by atoms with Crippen LogP contribution in [0.15, 0.2) is 23.8 Å². The fraction of sp³-hybridized carbons (Fsp3) is 0.792. The van der Waals surface area contributed by atoms with E-state index in [2.05, 4.69) is 17.9 Å². The minimum Gasteiger partial charge on any atom is -0.462 e. The van der Waals surface area contributed by atoms with Crippen LogP contribution in [-0.2, 0) is 42.7 Å². The Morgan fingerprint density at radius 3 is 2.17 bits per heavy atom. The molecule has 0 amide bonds. The van der Waals surface area contributed by atoms with Gasteiger partial charge in [0.25, 0.3) is 0 Å². The standard InChI is InChI=1S/C48H71F3N2O10/c1-11-27-13-12-14-37(63-39-16-15-36(52(6)7)25(5)60-39)24(4)44(55)33-21-30-29-19-28(62-48(56)47(59-10)46(58-9)45(57-8)23(2)3)20-32(29)42-43(40(30)31(33)22-38(54)61-27)53(42)26-17-34(49)41(51)35(50)18-26/h17-18,21,23-25,27-32,36-37,39-40,42-43,45-48,56H,11-16,19-20,22H2,1-10H3/t24-,25?,27+,28+,29+,30+,31-,32-,36+,37+,39+,40-,42+,43-,45+,46?,47+,48+,53?/m1/s1. The fourth-order valence-corrected chi connectivity index (χ4v) is 12.5. The Morgan fingerprint density at radius 2 is 1.57 bits per heavy atom. The minimum absolute atomic E-state index is 0.0354. The van der Waals surface area contributed by atoms with E-state index in [4.69, 9.17) is 33.2 Å². The number of aliphatic hydroxyl groups is 1. The number of ketones is 1. The van der Waals surface area contributed by atoms with Gasteiger partial charge in [-0.3, -0.25) is 9.59 Å². The van der Waals surface area contributed by atoms with Gasteiger partial charge in [-0.25, -0.2) is 13.2 Å². The highest BCUT2D eigenvalue weighted by Gasteiger charge is 2.69. The number of cyclic esters (lactones) is 1. The van der Waals surface area contributed by atoms with E-state index in [-0.39, 0.29) is 83.8 Å². The van der Waals surface area contributed by atoms with Gasteiger partial charge in [-0.1, -0.05) is 33.8 Å². The molecule has 1 aromatic carbocycles. The quantitative estimate of drug-likeness (QED) is 0.0911. The average molecular weight is 893 g/mol. The van der Waals surface area contributed by atoms with Crippen LogP contribution in [0.5, 0.6) is 0 Å². The van der Waals surface area contributed by atoms with Gasteiger partial charge in [0.15, 0.2) is 35.8 Å². The molecule has 15 heteroatoms. The van der Waals surface area contributed by atoms with Crippen LogP contribution < -0.4 is 4.90 Å². The molecule has 1 aromatic rings. The minimum atomic E-state index is -1.54. The first-order valence-electron chi connectivity index (χ1n) is 23.3. The number of carbonyl (C=O) groups is 2. The number of ether oxygens (including phenoxy) is 7. The van der Waals surface area contributed by atoms with Gasteiger partial charge < -0.3 is 48.1 Å². The van der Waals surface area contributed by atoms with Crippen molar-refractivity contribution in [1.29, 1.82) is 0 Å². The van der Waals surface area contributed by atoms with Crippen molar-refractivity contribution < 1.29 is 61.0 Å². The number of anilines is 1. The Kier molecular flexibility index (Phi) is 15.4. The molecule has 2 saturated carbocycles. The van der Waals surface area contributed by atoms with E-state index in [1.807, 2.05) is 46.7 Å². The van der Waals surface area contributed by atoms with Gasteiger partial charge in [0.2, 0.25) is 0 Å². The molecule has 6 aliphatic rings. The van der Waals surface area contributed by atoms with Gasteiger partial charge >= 0.3 is 5.97 Å². The molecule has 3 aliphatic heterocycles. The molecule has 0 spiro atoms. The Hall–Kier alpha value is -2.63. The van der Waals surface area contributed by atoms with Gasteiger partial charge in [0.1, 0.15) is 18.3 Å². The number of hydrogen-bond acceptors (Lipinski definition) is 12. The number of Topliss-reactive ketones (excluding diaryl/α,β-unsaturated/α-hetero) is 1. The number of carbonyl (C=O) groups excluding carboxylic acids is 2. The lowest BCUT2D eigenvalue weighted by molar-refractivity contribution is -0.236. The second kappa shape index (κ2) is 20.1. The molecule has 18 atom stereocenters. The van der Waals surface area contributed by atoms with Crippen molar-refractivity contribution in [1.82, 2.24) is 4.90 Å². The van der Waals surface area contributed by atoms with Crippen LogP contribution in [0.3, 0.4) is 0 Å². The van der Waals surface area contributed by atoms with Crippen molar-refractivity contribution in [2.75, 3.05) is 40.3 Å². The molecular weight excluding hydrogens is 822 g/mol. The zero-order valence-electron chi connectivity index (χ0n) is 38.7. The highest BCUT2D eigenvalue weighted by Crippen LogP contribution is 2.65. The first-order valence-corrected chi connectivity index (χ1v) is 23.3. The lowest BCUT2D eigenvalue weighted by atomic mass is 9.66. The van der Waals surface area contributed by atoms with E-state index < -0.39 is 72.4 Å². The smallest absolute Gasteiger partial charge is 0.306 e. The van der Waals surface area contributed by atoms with Gasteiger partial charge in [-0.15, -0.1) is 0 Å². The topological polar surface area (TPSA) is 125 Å². The third-order valence-electron chi connectivity index (χ3n) is 15.5. The summed E-state index contributed by atoms with van der Waals surface area (Å²) in [6.07, 6.45) is 2.12. The van der Waals surface area contributed by atoms with E-state index in [0.717, 1.165) is 18.6 Å². The average Bonchev–Trinajstić information content (AvgIpc) is 3.65. The number of allylic oxidation sites excluding steroid dienone is 2. The van der Waals surface area contributed by atoms with Gasteiger partial charge in [0, 0.05) is 57.0 Å². The van der Waals surface area contributed by atoms with Crippen LogP contribution in [0.4, 0.5) is 18.9 Å². The normalized spacial score (nSPS) is 37.8. The predicted molar refractivity (Wildman–Crippen MR) is 228 cm³/mol. The molecule has 2 unspecified atom stereocenters. The van der Waals surface area contributed by atoms with E-state index in [1.54, 1.807) is 7.11 Å². The van der Waals surface area contributed by atoms with Gasteiger partial charge in [0.05, 0.1) is 42.9 Å². The zero-order valence-corrected chi connectivity index (χ0v) is 38.7. The van der Waals surface area contributed by atoms with Crippen LogP contribution in [0.25, 0.3) is 0 Å². The fourth-order valence-electron chi connectivity index (χ4n) is 12.5. The summed E-state index contributed by atoms with van der Waals surface area (Å²) < 4.78 is 87.3. The first kappa shape index (κ1) is 48.3. The van der Waals surface area contributed by atoms with Crippen molar-refractivity contribution in [3.05, 3.63) is 41.2 Å². The SMILES string of the molecule is CC[C@H]1CCC[C@H](O[C@H]2CC[C@H](N(C)C)C(C)O2)[C@@H](C)C(=O)C2=C[C@H]3[C@@H]4C[C@H](O[C@H](O)[C@@H](OC)C(OC)[C@@H](OC)C(C)C)C[C@H]4[C@H]4[C@@H]([C@H]3[C@@H]2CC(=O)O1)N4c1cc(F)c(F)c(F)c1. The third kappa shape index (κ3) is 9.64. The first-order chi connectivity index (χ1) is 30.0. The van der Waals surface area contributed by atoms with Crippen LogP contribution in [0, 0.1) is 58.9 Å². The number of hydrogen-bond donors (Lipinski definition) is 1. The molecule has 3 aliphatic carbocycles. The number of benzene rings is 1.